The number of benzene rings is 1. The summed E-state index contributed by atoms with van der Waals surface area (Å²) in [7, 11) is 0. The van der Waals surface area contributed by atoms with Crippen molar-refractivity contribution in [1.82, 2.24) is 14.9 Å². The number of allylic oxidation sites excluding steroid dienone is 1. The highest BCUT2D eigenvalue weighted by atomic mass is 32.2. The summed E-state index contributed by atoms with van der Waals surface area (Å²) in [5, 5.41) is 4.11. The Kier molecular flexibility index (Phi) is 7.45. The number of amides is 1. The summed E-state index contributed by atoms with van der Waals surface area (Å²) in [5.41, 5.74) is 1.62. The molecule has 1 aromatic carbocycles. The van der Waals surface area contributed by atoms with E-state index in [-0.39, 0.29) is 22.8 Å². The number of fused-ring (bicyclic) bond motifs is 3. The van der Waals surface area contributed by atoms with E-state index in [4.69, 9.17) is 14.5 Å². The van der Waals surface area contributed by atoms with Crippen LogP contribution in [-0.2, 0) is 35.6 Å². The maximum Gasteiger partial charge on any atom is 0.263 e. The van der Waals surface area contributed by atoms with Gasteiger partial charge in [0.1, 0.15) is 10.6 Å². The largest absolute Gasteiger partial charge is 0.494 e. The van der Waals surface area contributed by atoms with Gasteiger partial charge in [-0.3, -0.25) is 14.2 Å². The molecule has 0 aliphatic carbocycles. The topological polar surface area (TPSA) is 82.5 Å². The molecule has 0 saturated heterocycles. The van der Waals surface area contributed by atoms with Gasteiger partial charge in [0, 0.05) is 24.4 Å². The van der Waals surface area contributed by atoms with Gasteiger partial charge in [-0.1, -0.05) is 30.0 Å². The van der Waals surface area contributed by atoms with E-state index >= 15 is 0 Å². The Balaban J connectivity index is 1.49. The molecule has 1 N–H and O–H groups in total. The molecule has 0 radical (unpaired) electrons. The quantitative estimate of drug-likeness (QED) is 0.269. The number of carbonyl (C=O) groups is 1. The van der Waals surface area contributed by atoms with Gasteiger partial charge in [0.05, 0.1) is 30.0 Å². The number of aromatic nitrogens is 2. The van der Waals surface area contributed by atoms with Crippen molar-refractivity contribution in [3.63, 3.8) is 0 Å². The van der Waals surface area contributed by atoms with E-state index in [9.17, 15) is 9.59 Å². The Morgan fingerprint density at radius 2 is 2.15 bits per heavy atom. The minimum absolute atomic E-state index is 0.0857. The molecule has 0 unspecified atom stereocenters. The Morgan fingerprint density at radius 3 is 2.85 bits per heavy atom. The summed E-state index contributed by atoms with van der Waals surface area (Å²) < 4.78 is 13.0. The van der Waals surface area contributed by atoms with Crippen LogP contribution < -0.4 is 15.6 Å². The van der Waals surface area contributed by atoms with Gasteiger partial charge in [-0.15, -0.1) is 17.9 Å². The van der Waals surface area contributed by atoms with Gasteiger partial charge in [0.2, 0.25) is 5.91 Å². The molecule has 0 bridgehead atoms. The lowest BCUT2D eigenvalue weighted by atomic mass is 9.94. The third-order valence-electron chi connectivity index (χ3n) is 5.52. The van der Waals surface area contributed by atoms with Gasteiger partial charge < -0.3 is 14.8 Å². The van der Waals surface area contributed by atoms with E-state index in [0.29, 0.717) is 48.1 Å². The van der Waals surface area contributed by atoms with E-state index in [2.05, 4.69) is 11.9 Å². The Hall–Kier alpha value is -2.62. The summed E-state index contributed by atoms with van der Waals surface area (Å²) in [6.45, 7) is 11.7. The molecular formula is C25H29N3O4S2. The zero-order chi connectivity index (χ0) is 24.3. The van der Waals surface area contributed by atoms with E-state index in [1.807, 2.05) is 45.0 Å². The van der Waals surface area contributed by atoms with Crippen LogP contribution >= 0.6 is 23.1 Å². The SMILES string of the molecule is C=CCn1c(SCC(=O)NCc2ccc(OCC)cc2)nc2sc3c(c2c1=O)CC(C)(C)OC3. The van der Waals surface area contributed by atoms with Gasteiger partial charge >= 0.3 is 0 Å². The van der Waals surface area contributed by atoms with Gasteiger partial charge in [-0.05, 0) is 44.0 Å². The summed E-state index contributed by atoms with van der Waals surface area (Å²) in [6, 6.07) is 7.64. The predicted molar refractivity (Wildman–Crippen MR) is 137 cm³/mol. The average Bonchev–Trinajstić information content (AvgIpc) is 3.16. The number of nitrogens with zero attached hydrogens (tertiary/aromatic N) is 2. The van der Waals surface area contributed by atoms with Crippen molar-refractivity contribution in [3.8, 4) is 5.75 Å². The lowest BCUT2D eigenvalue weighted by Gasteiger charge is -2.29. The normalized spacial score (nSPS) is 14.6. The third-order valence-corrected chi connectivity index (χ3v) is 7.60. The highest BCUT2D eigenvalue weighted by Gasteiger charge is 2.31. The van der Waals surface area contributed by atoms with Gasteiger partial charge in [-0.2, -0.15) is 0 Å². The molecule has 9 heteroatoms. The lowest BCUT2D eigenvalue weighted by Crippen LogP contribution is -2.32. The van der Waals surface area contributed by atoms with Crippen LogP contribution in [0.2, 0.25) is 0 Å². The summed E-state index contributed by atoms with van der Waals surface area (Å²) in [6.07, 6.45) is 2.35. The molecule has 1 aliphatic heterocycles. The maximum absolute atomic E-state index is 13.4. The standard InChI is InChI=1S/C25H29N3O4S2/c1-5-11-28-23(30)21-18-12-25(3,4)32-14-19(18)34-22(21)27-24(28)33-15-20(29)26-13-16-7-9-17(10-8-16)31-6-2/h5,7-10H,1,6,11-15H2,2-4H3,(H,26,29). The number of carbonyl (C=O) groups excluding carboxylic acids is 1. The summed E-state index contributed by atoms with van der Waals surface area (Å²) in [4.78, 5) is 32.5. The molecule has 3 aromatic rings. The fraction of sp³-hybridized carbons (Fsp3) is 0.400. The van der Waals surface area contributed by atoms with Crippen molar-refractivity contribution in [2.45, 2.75) is 57.6 Å². The van der Waals surface area contributed by atoms with Crippen LogP contribution in [0.4, 0.5) is 0 Å². The van der Waals surface area contributed by atoms with Crippen LogP contribution in [0.15, 0.2) is 46.9 Å². The second-order valence-corrected chi connectivity index (χ2v) is 10.7. The zero-order valence-electron chi connectivity index (χ0n) is 19.7. The fourth-order valence-corrected chi connectivity index (χ4v) is 5.84. The first-order valence-electron chi connectivity index (χ1n) is 11.2. The van der Waals surface area contributed by atoms with E-state index < -0.39 is 0 Å². The number of thioether (sulfide) groups is 1. The molecule has 2 aromatic heterocycles. The van der Waals surface area contributed by atoms with Crippen molar-refractivity contribution in [3.05, 3.63) is 63.3 Å². The molecule has 7 nitrogen and oxygen atoms in total. The fourth-order valence-electron chi connectivity index (χ4n) is 3.86. The number of ether oxygens (including phenoxy) is 2. The van der Waals surface area contributed by atoms with Crippen LogP contribution in [0.25, 0.3) is 10.2 Å². The van der Waals surface area contributed by atoms with Crippen LogP contribution in [-0.4, -0.2) is 33.4 Å². The number of nitrogens with one attached hydrogen (secondary N) is 1. The first kappa shape index (κ1) is 24.5. The van der Waals surface area contributed by atoms with Crippen LogP contribution in [0.5, 0.6) is 5.75 Å². The van der Waals surface area contributed by atoms with E-state index in [0.717, 1.165) is 21.8 Å². The Bertz CT molecular complexity index is 1260. The molecule has 4 rings (SSSR count). The number of hydrogen-bond donors (Lipinski definition) is 1. The molecular weight excluding hydrogens is 470 g/mol. The molecule has 180 valence electrons. The van der Waals surface area contributed by atoms with Crippen LogP contribution in [0.3, 0.4) is 0 Å². The maximum atomic E-state index is 13.4. The van der Waals surface area contributed by atoms with Crippen molar-refractivity contribution in [2.75, 3.05) is 12.4 Å². The molecule has 1 amide bonds. The molecule has 34 heavy (non-hydrogen) atoms. The molecule has 3 heterocycles. The van der Waals surface area contributed by atoms with Crippen molar-refractivity contribution in [2.24, 2.45) is 0 Å². The van der Waals surface area contributed by atoms with Crippen molar-refractivity contribution >= 4 is 39.2 Å². The van der Waals surface area contributed by atoms with E-state index in [1.165, 1.54) is 23.1 Å². The molecule has 0 saturated carbocycles. The first-order valence-corrected chi connectivity index (χ1v) is 13.0. The summed E-state index contributed by atoms with van der Waals surface area (Å²) in [5.74, 6) is 0.840. The van der Waals surface area contributed by atoms with E-state index in [1.54, 1.807) is 10.6 Å². The summed E-state index contributed by atoms with van der Waals surface area (Å²) >= 11 is 2.76. The van der Waals surface area contributed by atoms with Crippen molar-refractivity contribution < 1.29 is 14.3 Å². The first-order chi connectivity index (χ1) is 16.3. The second kappa shape index (κ2) is 10.3. The minimum atomic E-state index is -0.314. The second-order valence-electron chi connectivity index (χ2n) is 8.65. The molecule has 0 spiro atoms. The zero-order valence-corrected chi connectivity index (χ0v) is 21.3. The monoisotopic (exact) mass is 499 g/mol. The molecule has 1 aliphatic rings. The van der Waals surface area contributed by atoms with Gasteiger partial charge in [0.15, 0.2) is 5.16 Å². The Labute approximate surface area is 207 Å². The van der Waals surface area contributed by atoms with Crippen LogP contribution in [0, 0.1) is 0 Å². The van der Waals surface area contributed by atoms with Crippen molar-refractivity contribution in [1.29, 1.82) is 0 Å². The highest BCUT2D eigenvalue weighted by molar-refractivity contribution is 7.99. The number of rotatable bonds is 9. The number of hydrogen-bond acceptors (Lipinski definition) is 7. The average molecular weight is 500 g/mol. The number of thiophene rings is 1. The van der Waals surface area contributed by atoms with Crippen LogP contribution in [0.1, 0.15) is 36.8 Å². The van der Waals surface area contributed by atoms with Gasteiger partial charge in [-0.25, -0.2) is 4.98 Å². The smallest absolute Gasteiger partial charge is 0.263 e. The minimum Gasteiger partial charge on any atom is -0.494 e. The molecule has 0 fully saturated rings. The third kappa shape index (κ3) is 5.37. The van der Waals surface area contributed by atoms with Gasteiger partial charge in [0.25, 0.3) is 5.56 Å². The highest BCUT2D eigenvalue weighted by Crippen LogP contribution is 2.37. The molecule has 0 atom stereocenters. The lowest BCUT2D eigenvalue weighted by molar-refractivity contribution is -0.118. The Morgan fingerprint density at radius 1 is 1.38 bits per heavy atom. The predicted octanol–water partition coefficient (Wildman–Crippen LogP) is 4.30.